The topological polar surface area (TPSA) is 0 Å². The summed E-state index contributed by atoms with van der Waals surface area (Å²) in [6, 6.07) is 21.7. The molecule has 1 aliphatic rings. The molecule has 0 bridgehead atoms. The molecular weight excluding hydrogens is 268 g/mol. The highest BCUT2D eigenvalue weighted by Gasteiger charge is 2.50. The van der Waals surface area contributed by atoms with Crippen LogP contribution in [0.25, 0.3) is 0 Å². The molecule has 21 heavy (non-hydrogen) atoms. The molecule has 0 saturated heterocycles. The first kappa shape index (κ1) is 14.2. The largest absolute Gasteiger partial charge is 0.132 e. The van der Waals surface area contributed by atoms with Gasteiger partial charge in [0.25, 0.3) is 0 Å². The van der Waals surface area contributed by atoms with Crippen LogP contribution in [-0.2, 0) is 0 Å². The fourth-order valence-corrected chi connectivity index (χ4v) is 3.57. The highest BCUT2D eigenvalue weighted by Crippen LogP contribution is 2.60. The summed E-state index contributed by atoms with van der Waals surface area (Å²) < 4.78 is 0. The Hall–Kier alpha value is -1.78. The molecule has 0 N–H and O–H groups in total. The van der Waals surface area contributed by atoms with Gasteiger partial charge in [-0.2, -0.15) is 0 Å². The average molecular weight is 290 g/mol. The third-order valence-electron chi connectivity index (χ3n) is 4.00. The Morgan fingerprint density at radius 3 is 1.52 bits per heavy atom. The van der Waals surface area contributed by atoms with Gasteiger partial charge in [0, 0.05) is 17.8 Å². The van der Waals surface area contributed by atoms with E-state index in [1.807, 2.05) is 0 Å². The lowest BCUT2D eigenvalue weighted by Crippen LogP contribution is -2.16. The van der Waals surface area contributed by atoms with Crippen LogP contribution in [0.15, 0.2) is 60.7 Å². The lowest BCUT2D eigenvalue weighted by molar-refractivity contribution is 1.03. The van der Waals surface area contributed by atoms with Gasteiger partial charge in [0.05, 0.1) is 0 Å². The maximum absolute atomic E-state index is 3.61. The summed E-state index contributed by atoms with van der Waals surface area (Å²) in [6.07, 6.45) is 0. The number of hydrogen-bond acceptors (Lipinski definition) is 0. The summed E-state index contributed by atoms with van der Waals surface area (Å²) in [6.45, 7) is 6.95. The minimum Gasteiger partial charge on any atom is -0.132 e. The van der Waals surface area contributed by atoms with Gasteiger partial charge in [-0.05, 0) is 11.1 Å². The first-order chi connectivity index (χ1) is 10.1. The highest BCUT2D eigenvalue weighted by atomic mass is 28.3. The van der Waals surface area contributed by atoms with E-state index < -0.39 is 8.07 Å². The van der Waals surface area contributed by atoms with Crippen LogP contribution >= 0.6 is 0 Å². The minimum atomic E-state index is -1.30. The van der Waals surface area contributed by atoms with Crippen LogP contribution in [-0.4, -0.2) is 8.07 Å². The highest BCUT2D eigenvalue weighted by molar-refractivity contribution is 6.83. The van der Waals surface area contributed by atoms with E-state index in [1.165, 1.54) is 11.1 Å². The maximum Gasteiger partial charge on any atom is 0.129 e. The Balaban J connectivity index is 1.91. The van der Waals surface area contributed by atoms with Crippen LogP contribution in [0.3, 0.4) is 0 Å². The molecule has 2 aromatic carbocycles. The molecule has 2 atom stereocenters. The van der Waals surface area contributed by atoms with Gasteiger partial charge in [0.15, 0.2) is 0 Å². The summed E-state index contributed by atoms with van der Waals surface area (Å²) >= 11 is 0. The minimum absolute atomic E-state index is 0.488. The van der Waals surface area contributed by atoms with Gasteiger partial charge in [0.2, 0.25) is 0 Å². The predicted molar refractivity (Wildman–Crippen MR) is 93.0 cm³/mol. The fraction of sp³-hybridized carbons (Fsp3) is 0.300. The third-order valence-corrected chi connectivity index (χ3v) is 4.90. The molecule has 0 aliphatic heterocycles. The van der Waals surface area contributed by atoms with Gasteiger partial charge in [0.1, 0.15) is 8.07 Å². The molecule has 0 spiro atoms. The number of benzene rings is 2. The molecule has 0 heterocycles. The van der Waals surface area contributed by atoms with E-state index in [4.69, 9.17) is 0 Å². The van der Waals surface area contributed by atoms with E-state index in [0.717, 1.165) is 0 Å². The lowest BCUT2D eigenvalue weighted by atomic mass is 10.0. The maximum atomic E-state index is 3.61. The Labute approximate surface area is 129 Å². The van der Waals surface area contributed by atoms with Crippen LogP contribution in [0, 0.1) is 17.4 Å². The summed E-state index contributed by atoms with van der Waals surface area (Å²) in [7, 11) is -1.30. The Morgan fingerprint density at radius 1 is 0.714 bits per heavy atom. The van der Waals surface area contributed by atoms with Crippen LogP contribution in [0.5, 0.6) is 0 Å². The molecule has 0 unspecified atom stereocenters. The molecule has 3 rings (SSSR count). The Kier molecular flexibility index (Phi) is 3.74. The van der Waals surface area contributed by atoms with Crippen molar-refractivity contribution >= 4 is 8.07 Å². The molecule has 0 nitrogen and oxygen atoms in total. The average Bonchev–Trinajstić information content (AvgIpc) is 3.21. The molecule has 1 fully saturated rings. The molecule has 106 valence electrons. The van der Waals surface area contributed by atoms with Gasteiger partial charge in [-0.15, -0.1) is 11.5 Å². The predicted octanol–water partition coefficient (Wildman–Crippen LogP) is 5.06. The first-order valence-electron chi connectivity index (χ1n) is 7.69. The van der Waals surface area contributed by atoms with Crippen LogP contribution in [0.1, 0.15) is 23.0 Å². The summed E-state index contributed by atoms with van der Waals surface area (Å²) in [5.74, 6) is 5.23. The van der Waals surface area contributed by atoms with Crippen molar-refractivity contribution in [3.8, 4) is 11.5 Å². The molecule has 2 aromatic rings. The molecule has 0 amide bonds. The SMILES string of the molecule is C[Si](C)(C)C#CC1[C@H](c2ccccc2)[C@H]1c1ccccc1. The van der Waals surface area contributed by atoms with Crippen molar-refractivity contribution in [1.82, 2.24) is 0 Å². The molecule has 1 saturated carbocycles. The van der Waals surface area contributed by atoms with E-state index in [1.54, 1.807) is 0 Å². The second kappa shape index (κ2) is 5.54. The van der Waals surface area contributed by atoms with E-state index in [2.05, 4.69) is 91.8 Å². The van der Waals surface area contributed by atoms with Gasteiger partial charge >= 0.3 is 0 Å². The zero-order valence-electron chi connectivity index (χ0n) is 13.0. The van der Waals surface area contributed by atoms with Crippen molar-refractivity contribution in [3.63, 3.8) is 0 Å². The standard InChI is InChI=1S/C20H22Si/c1-21(2,3)15-14-18-19(16-10-6-4-7-11-16)20(18)17-12-8-5-9-13-17/h4-13,18-20H,1-3H3/t19-,20-/m0/s1. The number of rotatable bonds is 2. The van der Waals surface area contributed by atoms with Gasteiger partial charge in [-0.1, -0.05) is 80.3 Å². The molecular formula is C20H22Si. The van der Waals surface area contributed by atoms with Crippen molar-refractivity contribution in [1.29, 1.82) is 0 Å². The third kappa shape index (κ3) is 3.28. The zero-order valence-corrected chi connectivity index (χ0v) is 14.0. The Morgan fingerprint density at radius 2 is 1.14 bits per heavy atom. The summed E-state index contributed by atoms with van der Waals surface area (Å²) in [4.78, 5) is 0. The smallest absolute Gasteiger partial charge is 0.129 e. The normalized spacial score (nSPS) is 24.0. The second-order valence-electron chi connectivity index (χ2n) is 6.92. The molecule has 0 aromatic heterocycles. The van der Waals surface area contributed by atoms with Crippen molar-refractivity contribution in [2.45, 2.75) is 31.5 Å². The zero-order chi connectivity index (χ0) is 14.9. The van der Waals surface area contributed by atoms with Gasteiger partial charge in [-0.3, -0.25) is 0 Å². The molecule has 1 heteroatoms. The van der Waals surface area contributed by atoms with Crippen molar-refractivity contribution in [2.75, 3.05) is 0 Å². The number of hydrogen-bond donors (Lipinski definition) is 0. The van der Waals surface area contributed by atoms with Crippen LogP contribution < -0.4 is 0 Å². The second-order valence-corrected chi connectivity index (χ2v) is 11.7. The molecule has 1 aliphatic carbocycles. The lowest BCUT2D eigenvalue weighted by Gasteiger charge is -2.03. The first-order valence-corrected chi connectivity index (χ1v) is 11.2. The van der Waals surface area contributed by atoms with Crippen LogP contribution in [0.2, 0.25) is 19.6 Å². The summed E-state index contributed by atoms with van der Waals surface area (Å²) in [5.41, 5.74) is 6.44. The van der Waals surface area contributed by atoms with E-state index in [-0.39, 0.29) is 0 Å². The van der Waals surface area contributed by atoms with E-state index in [9.17, 15) is 0 Å². The van der Waals surface area contributed by atoms with Gasteiger partial charge < -0.3 is 0 Å². The molecule has 0 radical (unpaired) electrons. The van der Waals surface area contributed by atoms with E-state index >= 15 is 0 Å². The fourth-order valence-electron chi connectivity index (χ4n) is 2.97. The van der Waals surface area contributed by atoms with Crippen molar-refractivity contribution < 1.29 is 0 Å². The Bertz CT molecular complexity index is 610. The quantitative estimate of drug-likeness (QED) is 0.535. The van der Waals surface area contributed by atoms with Crippen LogP contribution in [0.4, 0.5) is 0 Å². The van der Waals surface area contributed by atoms with Crippen molar-refractivity contribution in [3.05, 3.63) is 71.8 Å². The monoisotopic (exact) mass is 290 g/mol. The van der Waals surface area contributed by atoms with Gasteiger partial charge in [-0.25, -0.2) is 0 Å². The summed E-state index contributed by atoms with van der Waals surface area (Å²) in [5, 5.41) is 0. The van der Waals surface area contributed by atoms with E-state index in [0.29, 0.717) is 17.8 Å². The van der Waals surface area contributed by atoms with Crippen molar-refractivity contribution in [2.24, 2.45) is 5.92 Å².